The van der Waals surface area contributed by atoms with Crippen molar-refractivity contribution in [2.24, 2.45) is 5.92 Å². The maximum Gasteiger partial charge on any atom is 0.167 e. The van der Waals surface area contributed by atoms with E-state index in [1.165, 1.54) is 0 Å². The molecule has 1 atom stereocenters. The lowest BCUT2D eigenvalue weighted by Gasteiger charge is -2.31. The van der Waals surface area contributed by atoms with Gasteiger partial charge in [-0.3, -0.25) is 4.79 Å². The van der Waals surface area contributed by atoms with Gasteiger partial charge in [0.15, 0.2) is 5.78 Å². The molecule has 1 aliphatic heterocycles. The summed E-state index contributed by atoms with van der Waals surface area (Å²) in [5.74, 6) is 0.391. The molecule has 3 heteroatoms. The second kappa shape index (κ2) is 6.35. The summed E-state index contributed by atoms with van der Waals surface area (Å²) in [6.45, 7) is 5.31. The number of carbonyl (C=O) groups is 1. The van der Waals surface area contributed by atoms with Gasteiger partial charge < -0.3 is 4.90 Å². The zero-order valence-electron chi connectivity index (χ0n) is 10.9. The second-order valence-corrected chi connectivity index (χ2v) is 5.45. The molecule has 0 N–H and O–H groups in total. The predicted molar refractivity (Wildman–Crippen MR) is 75.2 cm³/mol. The highest BCUT2D eigenvalue weighted by molar-refractivity contribution is 6.31. The molecule has 0 radical (unpaired) electrons. The smallest absolute Gasteiger partial charge is 0.167 e. The van der Waals surface area contributed by atoms with Gasteiger partial charge in [0, 0.05) is 23.0 Å². The van der Waals surface area contributed by atoms with Gasteiger partial charge in [-0.1, -0.05) is 30.7 Å². The molecule has 0 saturated carbocycles. The van der Waals surface area contributed by atoms with E-state index in [2.05, 4.69) is 11.8 Å². The van der Waals surface area contributed by atoms with Crippen molar-refractivity contribution in [2.75, 3.05) is 19.6 Å². The van der Waals surface area contributed by atoms with Crippen LogP contribution in [0.4, 0.5) is 0 Å². The molecule has 0 aliphatic carbocycles. The Morgan fingerprint density at radius 3 is 3.06 bits per heavy atom. The monoisotopic (exact) mass is 265 g/mol. The van der Waals surface area contributed by atoms with Gasteiger partial charge in [0.2, 0.25) is 0 Å². The number of piperidine rings is 1. The largest absolute Gasteiger partial charge is 0.303 e. The predicted octanol–water partition coefficient (Wildman–Crippen LogP) is 3.64. The Hall–Kier alpha value is -0.860. The number of Topliss-reactive ketones (excluding diaryl/α,β-unsaturated/α-hetero) is 1. The number of likely N-dealkylation sites (tertiary alicyclic amines) is 1. The SMILES string of the molecule is CCCN1CCCC(C(=O)c2cccc(Cl)c2)C1. The van der Waals surface area contributed by atoms with Gasteiger partial charge >= 0.3 is 0 Å². The highest BCUT2D eigenvalue weighted by Gasteiger charge is 2.26. The molecule has 1 aromatic carbocycles. The fraction of sp³-hybridized carbons (Fsp3) is 0.533. The van der Waals surface area contributed by atoms with E-state index in [1.807, 2.05) is 18.2 Å². The van der Waals surface area contributed by atoms with Crippen LogP contribution in [0.5, 0.6) is 0 Å². The van der Waals surface area contributed by atoms with E-state index in [4.69, 9.17) is 11.6 Å². The molecule has 1 heterocycles. The Bertz CT molecular complexity index is 417. The molecule has 98 valence electrons. The van der Waals surface area contributed by atoms with E-state index in [0.29, 0.717) is 5.02 Å². The number of hydrogen-bond donors (Lipinski definition) is 0. The number of benzene rings is 1. The lowest BCUT2D eigenvalue weighted by molar-refractivity contribution is 0.0820. The van der Waals surface area contributed by atoms with Crippen molar-refractivity contribution < 1.29 is 4.79 Å². The molecule has 1 aliphatic rings. The third-order valence-electron chi connectivity index (χ3n) is 3.53. The summed E-state index contributed by atoms with van der Waals surface area (Å²) in [6, 6.07) is 7.31. The first-order chi connectivity index (χ1) is 8.70. The van der Waals surface area contributed by atoms with Gasteiger partial charge in [0.25, 0.3) is 0 Å². The average Bonchev–Trinajstić information content (AvgIpc) is 2.39. The van der Waals surface area contributed by atoms with Gasteiger partial charge in [-0.05, 0) is 44.5 Å². The van der Waals surface area contributed by atoms with Crippen LogP contribution in [0.25, 0.3) is 0 Å². The molecule has 2 nitrogen and oxygen atoms in total. The molecule has 1 fully saturated rings. The van der Waals surface area contributed by atoms with Crippen LogP contribution in [0.15, 0.2) is 24.3 Å². The van der Waals surface area contributed by atoms with Crippen LogP contribution in [0.2, 0.25) is 5.02 Å². The number of ketones is 1. The second-order valence-electron chi connectivity index (χ2n) is 5.01. The minimum Gasteiger partial charge on any atom is -0.303 e. The molecule has 0 bridgehead atoms. The molecule has 0 spiro atoms. The summed E-state index contributed by atoms with van der Waals surface area (Å²) in [4.78, 5) is 14.8. The molecular weight excluding hydrogens is 246 g/mol. The van der Waals surface area contributed by atoms with Crippen LogP contribution >= 0.6 is 11.6 Å². The molecule has 1 saturated heterocycles. The molecule has 0 amide bonds. The Morgan fingerprint density at radius 1 is 1.50 bits per heavy atom. The minimum atomic E-state index is 0.142. The quantitative estimate of drug-likeness (QED) is 0.775. The van der Waals surface area contributed by atoms with Gasteiger partial charge in [0.1, 0.15) is 0 Å². The summed E-state index contributed by atoms with van der Waals surface area (Å²) in [5, 5.41) is 0.641. The number of halogens is 1. The van der Waals surface area contributed by atoms with Crippen molar-refractivity contribution >= 4 is 17.4 Å². The first-order valence-corrected chi connectivity index (χ1v) is 7.10. The van der Waals surface area contributed by atoms with E-state index >= 15 is 0 Å². The molecule has 1 aromatic rings. The Kier molecular flexibility index (Phi) is 4.79. The van der Waals surface area contributed by atoms with Crippen molar-refractivity contribution in [2.45, 2.75) is 26.2 Å². The number of rotatable bonds is 4. The summed E-state index contributed by atoms with van der Waals surface area (Å²) < 4.78 is 0. The van der Waals surface area contributed by atoms with Gasteiger partial charge in [-0.25, -0.2) is 0 Å². The summed E-state index contributed by atoms with van der Waals surface area (Å²) in [5.41, 5.74) is 0.755. The summed E-state index contributed by atoms with van der Waals surface area (Å²) in [7, 11) is 0. The fourth-order valence-electron chi connectivity index (χ4n) is 2.67. The fourth-order valence-corrected chi connectivity index (χ4v) is 2.86. The molecule has 18 heavy (non-hydrogen) atoms. The van der Waals surface area contributed by atoms with E-state index in [9.17, 15) is 4.79 Å². The summed E-state index contributed by atoms with van der Waals surface area (Å²) >= 11 is 5.94. The molecule has 0 aromatic heterocycles. The van der Waals surface area contributed by atoms with Gasteiger partial charge in [0.05, 0.1) is 0 Å². The zero-order chi connectivity index (χ0) is 13.0. The number of hydrogen-bond acceptors (Lipinski definition) is 2. The maximum absolute atomic E-state index is 12.4. The van der Waals surface area contributed by atoms with Crippen LogP contribution in [-0.4, -0.2) is 30.3 Å². The molecular formula is C15H20ClNO. The van der Waals surface area contributed by atoms with Crippen LogP contribution in [0, 0.1) is 5.92 Å². The Labute approximate surface area is 114 Å². The lowest BCUT2D eigenvalue weighted by atomic mass is 9.90. The van der Waals surface area contributed by atoms with Crippen molar-refractivity contribution in [3.8, 4) is 0 Å². The van der Waals surface area contributed by atoms with Crippen molar-refractivity contribution in [3.05, 3.63) is 34.9 Å². The molecule has 2 rings (SSSR count). The van der Waals surface area contributed by atoms with Crippen molar-refractivity contribution in [1.82, 2.24) is 4.90 Å². The first kappa shape index (κ1) is 13.6. The normalized spacial score (nSPS) is 20.9. The third kappa shape index (κ3) is 3.33. The molecule has 1 unspecified atom stereocenters. The van der Waals surface area contributed by atoms with E-state index in [0.717, 1.165) is 44.5 Å². The summed E-state index contributed by atoms with van der Waals surface area (Å²) in [6.07, 6.45) is 3.28. The van der Waals surface area contributed by atoms with Crippen molar-refractivity contribution in [1.29, 1.82) is 0 Å². The Balaban J connectivity index is 2.04. The van der Waals surface area contributed by atoms with Gasteiger partial charge in [-0.2, -0.15) is 0 Å². The lowest BCUT2D eigenvalue weighted by Crippen LogP contribution is -2.39. The highest BCUT2D eigenvalue weighted by atomic mass is 35.5. The topological polar surface area (TPSA) is 20.3 Å². The number of carbonyl (C=O) groups excluding carboxylic acids is 1. The minimum absolute atomic E-state index is 0.142. The average molecular weight is 266 g/mol. The Morgan fingerprint density at radius 2 is 2.33 bits per heavy atom. The van der Waals surface area contributed by atoms with Gasteiger partial charge in [-0.15, -0.1) is 0 Å². The van der Waals surface area contributed by atoms with Crippen LogP contribution in [0.1, 0.15) is 36.5 Å². The van der Waals surface area contributed by atoms with Crippen molar-refractivity contribution in [3.63, 3.8) is 0 Å². The van der Waals surface area contributed by atoms with Crippen LogP contribution in [0.3, 0.4) is 0 Å². The van der Waals surface area contributed by atoms with E-state index in [1.54, 1.807) is 6.07 Å². The third-order valence-corrected chi connectivity index (χ3v) is 3.76. The van der Waals surface area contributed by atoms with E-state index in [-0.39, 0.29) is 11.7 Å². The highest BCUT2D eigenvalue weighted by Crippen LogP contribution is 2.22. The van der Waals surface area contributed by atoms with E-state index < -0.39 is 0 Å². The first-order valence-electron chi connectivity index (χ1n) is 6.73. The maximum atomic E-state index is 12.4. The zero-order valence-corrected chi connectivity index (χ0v) is 11.6. The van der Waals surface area contributed by atoms with Crippen LogP contribution in [-0.2, 0) is 0 Å². The number of nitrogens with zero attached hydrogens (tertiary/aromatic N) is 1. The van der Waals surface area contributed by atoms with Crippen LogP contribution < -0.4 is 0 Å². The standard InChI is InChI=1S/C15H20ClNO/c1-2-8-17-9-4-6-13(11-17)15(18)12-5-3-7-14(16)10-12/h3,5,7,10,13H,2,4,6,8-9,11H2,1H3.